The van der Waals surface area contributed by atoms with Crippen LogP contribution in [0.5, 0.6) is 0 Å². The number of hydrogen-bond donors (Lipinski definition) is 2. The third-order valence-electron chi connectivity index (χ3n) is 4.15. The summed E-state index contributed by atoms with van der Waals surface area (Å²) in [6, 6.07) is 1.40. The fraction of sp³-hybridized carbons (Fsp3) is 0.929. The fourth-order valence-electron chi connectivity index (χ4n) is 3.28. The molecule has 2 bridgehead atoms. The zero-order valence-corrected chi connectivity index (χ0v) is 11.0. The molecule has 2 rings (SSSR count). The third-order valence-corrected chi connectivity index (χ3v) is 4.15. The molecule has 2 fully saturated rings. The number of amides is 1. The molecule has 0 saturated carbocycles. The van der Waals surface area contributed by atoms with Gasteiger partial charge in [-0.15, -0.1) is 0 Å². The van der Waals surface area contributed by atoms with E-state index in [-0.39, 0.29) is 5.91 Å². The zero-order chi connectivity index (χ0) is 12.1. The molecule has 2 atom stereocenters. The van der Waals surface area contributed by atoms with E-state index >= 15 is 0 Å². The summed E-state index contributed by atoms with van der Waals surface area (Å²) < 4.78 is 0. The molecular weight excluding hydrogens is 212 g/mol. The summed E-state index contributed by atoms with van der Waals surface area (Å²) in [7, 11) is 0. The van der Waals surface area contributed by atoms with E-state index in [1.54, 1.807) is 0 Å². The van der Waals surface area contributed by atoms with Gasteiger partial charge in [-0.2, -0.15) is 0 Å². The first-order valence-corrected chi connectivity index (χ1v) is 7.30. The number of unbranched alkanes of at least 4 members (excludes halogenated alkanes) is 2. The van der Waals surface area contributed by atoms with E-state index in [4.69, 9.17) is 0 Å². The molecule has 0 aromatic heterocycles. The Balaban J connectivity index is 1.61. The largest absolute Gasteiger partial charge is 0.356 e. The van der Waals surface area contributed by atoms with Crippen molar-refractivity contribution < 1.29 is 4.79 Å². The second kappa shape index (κ2) is 6.39. The number of hydrogen-bond acceptors (Lipinski definition) is 2. The van der Waals surface area contributed by atoms with Gasteiger partial charge in [-0.3, -0.25) is 4.79 Å². The molecule has 0 spiro atoms. The molecule has 3 heteroatoms. The summed E-state index contributed by atoms with van der Waals surface area (Å²) in [4.78, 5) is 11.8. The van der Waals surface area contributed by atoms with Crippen LogP contribution in [0.4, 0.5) is 0 Å². The number of carbonyl (C=O) groups excluding carboxylic acids is 1. The van der Waals surface area contributed by atoms with Gasteiger partial charge in [0.25, 0.3) is 0 Å². The fourth-order valence-corrected chi connectivity index (χ4v) is 3.28. The van der Waals surface area contributed by atoms with Gasteiger partial charge >= 0.3 is 0 Å². The Bertz CT molecular complexity index is 243. The van der Waals surface area contributed by atoms with E-state index in [1.807, 2.05) is 0 Å². The second-order valence-electron chi connectivity index (χ2n) is 5.74. The van der Waals surface area contributed by atoms with Crippen molar-refractivity contribution in [2.24, 2.45) is 5.92 Å². The van der Waals surface area contributed by atoms with Crippen LogP contribution in [0.3, 0.4) is 0 Å². The van der Waals surface area contributed by atoms with Crippen molar-refractivity contribution in [1.82, 2.24) is 10.6 Å². The quantitative estimate of drug-likeness (QED) is 0.697. The van der Waals surface area contributed by atoms with Gasteiger partial charge in [0.15, 0.2) is 0 Å². The molecule has 0 radical (unpaired) electrons. The molecule has 2 aliphatic rings. The molecule has 3 nitrogen and oxygen atoms in total. The van der Waals surface area contributed by atoms with E-state index in [0.717, 1.165) is 19.4 Å². The second-order valence-corrected chi connectivity index (χ2v) is 5.74. The molecule has 0 aromatic carbocycles. The molecule has 2 N–H and O–H groups in total. The third kappa shape index (κ3) is 3.98. The first-order valence-electron chi connectivity index (χ1n) is 7.30. The minimum atomic E-state index is 0.271. The van der Waals surface area contributed by atoms with Gasteiger partial charge in [0.05, 0.1) is 0 Å². The highest BCUT2D eigenvalue weighted by Crippen LogP contribution is 2.32. The highest BCUT2D eigenvalue weighted by molar-refractivity contribution is 5.76. The van der Waals surface area contributed by atoms with Crippen molar-refractivity contribution >= 4 is 5.91 Å². The minimum Gasteiger partial charge on any atom is -0.356 e. The molecular formula is C14H26N2O. The van der Waals surface area contributed by atoms with Crippen LogP contribution < -0.4 is 10.6 Å². The van der Waals surface area contributed by atoms with Gasteiger partial charge in [0, 0.05) is 25.0 Å². The van der Waals surface area contributed by atoms with Crippen molar-refractivity contribution in [1.29, 1.82) is 0 Å². The van der Waals surface area contributed by atoms with Crippen molar-refractivity contribution in [3.63, 3.8) is 0 Å². The lowest BCUT2D eigenvalue weighted by Crippen LogP contribution is -2.39. The van der Waals surface area contributed by atoms with E-state index < -0.39 is 0 Å². The standard InChI is InChI=1S/C14H26N2O/c1-2-3-4-7-15-14(17)10-11-8-12-5-6-13(9-11)16-12/h11-13,16H,2-10H2,1H3,(H,15,17). The average molecular weight is 238 g/mol. The maximum absolute atomic E-state index is 11.8. The van der Waals surface area contributed by atoms with Crippen molar-refractivity contribution in [3.8, 4) is 0 Å². The van der Waals surface area contributed by atoms with Gasteiger partial charge in [-0.25, -0.2) is 0 Å². The minimum absolute atomic E-state index is 0.271. The number of rotatable bonds is 6. The Morgan fingerprint density at radius 2 is 1.94 bits per heavy atom. The molecule has 17 heavy (non-hydrogen) atoms. The van der Waals surface area contributed by atoms with Gasteiger partial charge in [-0.1, -0.05) is 19.8 Å². The highest BCUT2D eigenvalue weighted by atomic mass is 16.1. The van der Waals surface area contributed by atoms with Crippen LogP contribution in [0.25, 0.3) is 0 Å². The van der Waals surface area contributed by atoms with Gasteiger partial charge < -0.3 is 10.6 Å². The Hall–Kier alpha value is -0.570. The van der Waals surface area contributed by atoms with E-state index in [1.165, 1.54) is 38.5 Å². The molecule has 2 saturated heterocycles. The monoisotopic (exact) mass is 238 g/mol. The Morgan fingerprint density at radius 3 is 2.59 bits per heavy atom. The average Bonchev–Trinajstić information content (AvgIpc) is 2.64. The smallest absolute Gasteiger partial charge is 0.220 e. The molecule has 2 aliphatic heterocycles. The van der Waals surface area contributed by atoms with Crippen LogP contribution in [-0.2, 0) is 4.79 Å². The van der Waals surface area contributed by atoms with Crippen molar-refractivity contribution in [2.45, 2.75) is 70.4 Å². The Morgan fingerprint density at radius 1 is 1.24 bits per heavy atom. The molecule has 98 valence electrons. The molecule has 0 aromatic rings. The zero-order valence-electron chi connectivity index (χ0n) is 11.0. The predicted molar refractivity (Wildman–Crippen MR) is 69.8 cm³/mol. The van der Waals surface area contributed by atoms with Crippen LogP contribution in [0.2, 0.25) is 0 Å². The highest BCUT2D eigenvalue weighted by Gasteiger charge is 2.33. The van der Waals surface area contributed by atoms with E-state index in [2.05, 4.69) is 17.6 Å². The summed E-state index contributed by atoms with van der Waals surface area (Å²) in [5.74, 6) is 0.896. The normalized spacial score (nSPS) is 31.5. The summed E-state index contributed by atoms with van der Waals surface area (Å²) in [6.07, 6.45) is 9.36. The van der Waals surface area contributed by atoms with Crippen LogP contribution >= 0.6 is 0 Å². The maximum atomic E-state index is 11.8. The Labute approximate surface area is 105 Å². The van der Waals surface area contributed by atoms with Gasteiger partial charge in [-0.05, 0) is 38.0 Å². The first-order chi connectivity index (χ1) is 8.28. The summed E-state index contributed by atoms with van der Waals surface area (Å²) in [6.45, 7) is 3.05. The maximum Gasteiger partial charge on any atom is 0.220 e. The molecule has 2 heterocycles. The lowest BCUT2D eigenvalue weighted by atomic mass is 9.89. The Kier molecular flexibility index (Phi) is 4.84. The summed E-state index contributed by atoms with van der Waals surface area (Å²) in [5, 5.41) is 6.68. The molecule has 0 aliphatic carbocycles. The van der Waals surface area contributed by atoms with Gasteiger partial charge in [0.1, 0.15) is 0 Å². The first kappa shape index (κ1) is 12.9. The topological polar surface area (TPSA) is 41.1 Å². The van der Waals surface area contributed by atoms with Gasteiger partial charge in [0.2, 0.25) is 5.91 Å². The van der Waals surface area contributed by atoms with Crippen LogP contribution in [0.15, 0.2) is 0 Å². The van der Waals surface area contributed by atoms with Crippen LogP contribution in [0.1, 0.15) is 58.3 Å². The lowest BCUT2D eigenvalue weighted by molar-refractivity contribution is -0.122. The molecule has 1 amide bonds. The number of nitrogens with one attached hydrogen (secondary N) is 2. The van der Waals surface area contributed by atoms with Crippen LogP contribution in [-0.4, -0.2) is 24.5 Å². The van der Waals surface area contributed by atoms with E-state index in [9.17, 15) is 4.79 Å². The number of fused-ring (bicyclic) bond motifs is 2. The summed E-state index contributed by atoms with van der Waals surface area (Å²) >= 11 is 0. The van der Waals surface area contributed by atoms with Crippen molar-refractivity contribution in [2.75, 3.05) is 6.54 Å². The predicted octanol–water partition coefficient (Wildman–Crippen LogP) is 2.21. The van der Waals surface area contributed by atoms with Crippen LogP contribution in [0, 0.1) is 5.92 Å². The summed E-state index contributed by atoms with van der Waals surface area (Å²) in [5.41, 5.74) is 0. The number of piperidine rings is 1. The number of carbonyl (C=O) groups is 1. The van der Waals surface area contributed by atoms with Crippen molar-refractivity contribution in [3.05, 3.63) is 0 Å². The van der Waals surface area contributed by atoms with E-state index in [0.29, 0.717) is 18.0 Å². The lowest BCUT2D eigenvalue weighted by Gasteiger charge is -2.28. The molecule has 2 unspecified atom stereocenters. The SMILES string of the molecule is CCCCCNC(=O)CC1CC2CCC(C1)N2.